The molecule has 2 rings (SSSR count). The number of nitrogens with two attached hydrogens (primary N) is 1. The number of amides is 2. The molecule has 2 aromatic rings. The van der Waals surface area contributed by atoms with Crippen molar-refractivity contribution >= 4 is 11.8 Å². The first-order valence-corrected chi connectivity index (χ1v) is 6.94. The number of primary amides is 1. The molecule has 2 aromatic carbocycles. The average molecular weight is 314 g/mol. The molecule has 6 heteroatoms. The van der Waals surface area contributed by atoms with Gasteiger partial charge in [-0.05, 0) is 17.7 Å². The van der Waals surface area contributed by atoms with Crippen molar-refractivity contribution in [3.8, 4) is 11.5 Å². The number of para-hydroxylation sites is 1. The van der Waals surface area contributed by atoms with Crippen molar-refractivity contribution in [2.75, 3.05) is 14.2 Å². The largest absolute Gasteiger partial charge is 0.493 e. The van der Waals surface area contributed by atoms with E-state index in [1.165, 1.54) is 14.2 Å². The maximum atomic E-state index is 12.5. The molecule has 0 saturated carbocycles. The second-order valence-electron chi connectivity index (χ2n) is 4.76. The third-order valence-corrected chi connectivity index (χ3v) is 3.34. The Kier molecular flexibility index (Phi) is 5.19. The summed E-state index contributed by atoms with van der Waals surface area (Å²) >= 11 is 0. The van der Waals surface area contributed by atoms with Gasteiger partial charge < -0.3 is 20.5 Å². The van der Waals surface area contributed by atoms with Crippen molar-refractivity contribution in [3.05, 3.63) is 59.7 Å². The number of hydrogen-bond acceptors (Lipinski definition) is 4. The molecule has 0 aromatic heterocycles. The minimum absolute atomic E-state index is 0.258. The summed E-state index contributed by atoms with van der Waals surface area (Å²) in [5.74, 6) is -0.404. The van der Waals surface area contributed by atoms with Crippen LogP contribution in [-0.4, -0.2) is 26.0 Å². The van der Waals surface area contributed by atoms with E-state index < -0.39 is 17.9 Å². The Morgan fingerprint density at radius 3 is 2.26 bits per heavy atom. The maximum absolute atomic E-state index is 12.5. The molecule has 0 heterocycles. The van der Waals surface area contributed by atoms with Crippen LogP contribution in [0.3, 0.4) is 0 Å². The highest BCUT2D eigenvalue weighted by atomic mass is 16.5. The molecule has 6 nitrogen and oxygen atoms in total. The molecule has 120 valence electrons. The van der Waals surface area contributed by atoms with E-state index in [1.54, 1.807) is 42.5 Å². The Morgan fingerprint density at radius 1 is 1.00 bits per heavy atom. The Morgan fingerprint density at radius 2 is 1.70 bits per heavy atom. The van der Waals surface area contributed by atoms with E-state index in [2.05, 4.69) is 5.32 Å². The molecule has 0 radical (unpaired) electrons. The lowest BCUT2D eigenvalue weighted by Gasteiger charge is -2.17. The van der Waals surface area contributed by atoms with Crippen molar-refractivity contribution in [3.63, 3.8) is 0 Å². The Hall–Kier alpha value is -3.02. The molecular formula is C17H18N2O4. The molecule has 0 bridgehead atoms. The molecule has 0 spiro atoms. The molecule has 0 aliphatic carbocycles. The van der Waals surface area contributed by atoms with Gasteiger partial charge in [-0.25, -0.2) is 0 Å². The van der Waals surface area contributed by atoms with Crippen LogP contribution in [0.4, 0.5) is 0 Å². The van der Waals surface area contributed by atoms with Gasteiger partial charge in [-0.2, -0.15) is 0 Å². The Balaban J connectivity index is 2.32. The van der Waals surface area contributed by atoms with Gasteiger partial charge in [-0.15, -0.1) is 0 Å². The predicted octanol–water partition coefficient (Wildman–Crippen LogP) is 1.66. The Labute approximate surface area is 134 Å². The number of nitrogens with one attached hydrogen (secondary N) is 1. The number of hydrogen-bond donors (Lipinski definition) is 2. The molecule has 0 aliphatic heterocycles. The number of benzene rings is 2. The number of rotatable bonds is 6. The van der Waals surface area contributed by atoms with Crippen molar-refractivity contribution in [1.29, 1.82) is 0 Å². The fraction of sp³-hybridized carbons (Fsp3) is 0.176. The average Bonchev–Trinajstić information content (AvgIpc) is 2.59. The van der Waals surface area contributed by atoms with Gasteiger partial charge in [0, 0.05) is 0 Å². The maximum Gasteiger partial charge on any atom is 0.256 e. The molecule has 3 N–H and O–H groups in total. The van der Waals surface area contributed by atoms with Crippen LogP contribution < -0.4 is 20.5 Å². The number of methoxy groups -OCH3 is 2. The molecule has 1 unspecified atom stereocenters. The van der Waals surface area contributed by atoms with Crippen LogP contribution in [0.1, 0.15) is 22.0 Å². The number of ether oxygens (including phenoxy) is 2. The second kappa shape index (κ2) is 7.31. The summed E-state index contributed by atoms with van der Waals surface area (Å²) in [6.07, 6.45) is 0. The molecule has 2 amide bonds. The van der Waals surface area contributed by atoms with E-state index in [4.69, 9.17) is 15.2 Å². The SMILES string of the molecule is COc1cccc(C(=O)NC(C(N)=O)c2ccccc2)c1OC. The highest BCUT2D eigenvalue weighted by molar-refractivity contribution is 6.00. The van der Waals surface area contributed by atoms with Crippen molar-refractivity contribution in [2.45, 2.75) is 6.04 Å². The van der Waals surface area contributed by atoms with Crippen LogP contribution >= 0.6 is 0 Å². The predicted molar refractivity (Wildman–Crippen MR) is 85.4 cm³/mol. The lowest BCUT2D eigenvalue weighted by Crippen LogP contribution is -2.37. The van der Waals surface area contributed by atoms with E-state index in [-0.39, 0.29) is 5.56 Å². The van der Waals surface area contributed by atoms with Crippen LogP contribution in [0.5, 0.6) is 11.5 Å². The van der Waals surface area contributed by atoms with E-state index >= 15 is 0 Å². The van der Waals surface area contributed by atoms with Gasteiger partial charge in [0.2, 0.25) is 5.91 Å². The van der Waals surface area contributed by atoms with Gasteiger partial charge in [0.15, 0.2) is 11.5 Å². The van der Waals surface area contributed by atoms with E-state index in [1.807, 2.05) is 6.07 Å². The van der Waals surface area contributed by atoms with Gasteiger partial charge in [-0.3, -0.25) is 9.59 Å². The minimum atomic E-state index is -0.931. The molecular weight excluding hydrogens is 296 g/mol. The first kappa shape index (κ1) is 16.4. The second-order valence-corrected chi connectivity index (χ2v) is 4.76. The van der Waals surface area contributed by atoms with Crippen LogP contribution in [0.2, 0.25) is 0 Å². The number of carbonyl (C=O) groups excluding carboxylic acids is 2. The van der Waals surface area contributed by atoms with Crippen LogP contribution in [0.25, 0.3) is 0 Å². The molecule has 0 fully saturated rings. The lowest BCUT2D eigenvalue weighted by molar-refractivity contribution is -0.120. The van der Waals surface area contributed by atoms with E-state index in [9.17, 15) is 9.59 Å². The van der Waals surface area contributed by atoms with Gasteiger partial charge >= 0.3 is 0 Å². The summed E-state index contributed by atoms with van der Waals surface area (Å²) in [5.41, 5.74) is 6.28. The fourth-order valence-corrected chi connectivity index (χ4v) is 2.24. The third kappa shape index (κ3) is 3.60. The normalized spacial score (nSPS) is 11.4. The zero-order valence-corrected chi connectivity index (χ0v) is 12.9. The monoisotopic (exact) mass is 314 g/mol. The highest BCUT2D eigenvalue weighted by Gasteiger charge is 2.23. The van der Waals surface area contributed by atoms with Crippen molar-refractivity contribution in [1.82, 2.24) is 5.32 Å². The first-order chi connectivity index (χ1) is 11.1. The summed E-state index contributed by atoms with van der Waals surface area (Å²) in [5, 5.41) is 2.63. The zero-order valence-electron chi connectivity index (χ0n) is 12.9. The van der Waals surface area contributed by atoms with Crippen molar-refractivity contribution < 1.29 is 19.1 Å². The van der Waals surface area contributed by atoms with Crippen molar-refractivity contribution in [2.24, 2.45) is 5.73 Å². The summed E-state index contributed by atoms with van der Waals surface area (Å²) in [7, 11) is 2.92. The molecule has 0 saturated heterocycles. The van der Waals surface area contributed by atoms with E-state index in [0.717, 1.165) is 0 Å². The summed E-state index contributed by atoms with van der Waals surface area (Å²) in [4.78, 5) is 24.2. The van der Waals surface area contributed by atoms with Gasteiger partial charge in [0.05, 0.1) is 19.8 Å². The minimum Gasteiger partial charge on any atom is -0.493 e. The molecule has 23 heavy (non-hydrogen) atoms. The smallest absolute Gasteiger partial charge is 0.256 e. The molecule has 1 atom stereocenters. The fourth-order valence-electron chi connectivity index (χ4n) is 2.24. The topological polar surface area (TPSA) is 90.6 Å². The van der Waals surface area contributed by atoms with Gasteiger partial charge in [-0.1, -0.05) is 36.4 Å². The van der Waals surface area contributed by atoms with Crippen LogP contribution in [-0.2, 0) is 4.79 Å². The zero-order chi connectivity index (χ0) is 16.8. The Bertz CT molecular complexity index is 701. The summed E-state index contributed by atoms with van der Waals surface area (Å²) in [6, 6.07) is 12.8. The van der Waals surface area contributed by atoms with Gasteiger partial charge in [0.1, 0.15) is 6.04 Å². The van der Waals surface area contributed by atoms with Gasteiger partial charge in [0.25, 0.3) is 5.91 Å². The number of carbonyl (C=O) groups is 2. The third-order valence-electron chi connectivity index (χ3n) is 3.34. The highest BCUT2D eigenvalue weighted by Crippen LogP contribution is 2.31. The quantitative estimate of drug-likeness (QED) is 0.848. The standard InChI is InChI=1S/C17H18N2O4/c1-22-13-10-6-9-12(15(13)23-2)17(21)19-14(16(18)20)11-7-4-3-5-8-11/h3-10,14H,1-2H3,(H2,18,20)(H,19,21). The van der Waals surface area contributed by atoms with E-state index in [0.29, 0.717) is 17.1 Å². The van der Waals surface area contributed by atoms with Crippen LogP contribution in [0.15, 0.2) is 48.5 Å². The van der Waals surface area contributed by atoms with Crippen LogP contribution in [0, 0.1) is 0 Å². The first-order valence-electron chi connectivity index (χ1n) is 6.94. The summed E-state index contributed by atoms with van der Waals surface area (Å²) in [6.45, 7) is 0. The molecule has 0 aliphatic rings. The summed E-state index contributed by atoms with van der Waals surface area (Å²) < 4.78 is 10.4. The lowest BCUT2D eigenvalue weighted by atomic mass is 10.1.